The van der Waals surface area contributed by atoms with E-state index in [2.05, 4.69) is 5.32 Å². The topological polar surface area (TPSA) is 75.6 Å². The van der Waals surface area contributed by atoms with Gasteiger partial charge in [0.25, 0.3) is 0 Å². The number of nitrogens with one attached hydrogen (secondary N) is 1. The molecule has 132 valence electrons. The van der Waals surface area contributed by atoms with Crippen LogP contribution in [-0.2, 0) is 20.7 Å². The van der Waals surface area contributed by atoms with Crippen molar-refractivity contribution in [1.29, 1.82) is 0 Å². The first-order chi connectivity index (χ1) is 11.4. The molecule has 24 heavy (non-hydrogen) atoms. The molecule has 1 aliphatic rings. The van der Waals surface area contributed by atoms with Crippen molar-refractivity contribution in [2.24, 2.45) is 5.92 Å². The number of benzene rings is 1. The van der Waals surface area contributed by atoms with E-state index in [-0.39, 0.29) is 24.9 Å². The van der Waals surface area contributed by atoms with Gasteiger partial charge in [-0.2, -0.15) is 0 Å². The van der Waals surface area contributed by atoms with Crippen molar-refractivity contribution in [3.05, 3.63) is 34.9 Å². The van der Waals surface area contributed by atoms with E-state index in [1.165, 1.54) is 7.11 Å². The normalized spacial score (nSPS) is 23.6. The van der Waals surface area contributed by atoms with Crippen LogP contribution in [0.1, 0.15) is 42.4 Å². The van der Waals surface area contributed by atoms with Gasteiger partial charge in [0.05, 0.1) is 13.5 Å². The number of rotatable bonds is 5. The lowest BCUT2D eigenvalue weighted by molar-refractivity contribution is -0.153. The molecule has 0 atom stereocenters. The van der Waals surface area contributed by atoms with E-state index in [0.717, 1.165) is 16.7 Å². The first kappa shape index (κ1) is 18.5. The van der Waals surface area contributed by atoms with Crippen LogP contribution in [-0.4, -0.2) is 36.2 Å². The van der Waals surface area contributed by atoms with Crippen LogP contribution >= 0.6 is 0 Å². The summed E-state index contributed by atoms with van der Waals surface area (Å²) in [6.07, 6.45) is 2.66. The Kier molecular flexibility index (Phi) is 5.99. The van der Waals surface area contributed by atoms with Crippen molar-refractivity contribution in [2.75, 3.05) is 13.7 Å². The SMILES string of the molecule is COC(=O)[C@]1(NC(=O)Cc2cc(C)ccc2C)CC[C@@H](CO)CC1. The fourth-order valence-electron chi connectivity index (χ4n) is 3.40. The lowest BCUT2D eigenvalue weighted by atomic mass is 9.76. The zero-order valence-electron chi connectivity index (χ0n) is 14.7. The third-order valence-corrected chi connectivity index (χ3v) is 5.03. The number of carbonyl (C=O) groups is 2. The molecule has 1 amide bonds. The average Bonchev–Trinajstić information content (AvgIpc) is 2.58. The number of aliphatic hydroxyl groups is 1. The van der Waals surface area contributed by atoms with E-state index in [4.69, 9.17) is 4.74 Å². The van der Waals surface area contributed by atoms with Gasteiger partial charge in [-0.25, -0.2) is 4.79 Å². The summed E-state index contributed by atoms with van der Waals surface area (Å²) >= 11 is 0. The number of aliphatic hydroxyl groups excluding tert-OH is 1. The summed E-state index contributed by atoms with van der Waals surface area (Å²) in [5.41, 5.74) is 2.17. The van der Waals surface area contributed by atoms with Gasteiger partial charge in [-0.1, -0.05) is 23.8 Å². The molecule has 0 heterocycles. The summed E-state index contributed by atoms with van der Waals surface area (Å²) in [6, 6.07) is 6.02. The van der Waals surface area contributed by atoms with Gasteiger partial charge < -0.3 is 15.2 Å². The van der Waals surface area contributed by atoms with Crippen LogP contribution in [0.4, 0.5) is 0 Å². The van der Waals surface area contributed by atoms with Gasteiger partial charge in [0, 0.05) is 6.61 Å². The third kappa shape index (κ3) is 4.15. The van der Waals surface area contributed by atoms with Crippen LogP contribution < -0.4 is 5.32 Å². The Morgan fingerprint density at radius 3 is 2.54 bits per heavy atom. The Labute approximate surface area is 143 Å². The number of carbonyl (C=O) groups excluding carboxylic acids is 2. The Balaban J connectivity index is 2.10. The van der Waals surface area contributed by atoms with E-state index in [9.17, 15) is 14.7 Å². The largest absolute Gasteiger partial charge is 0.467 e. The van der Waals surface area contributed by atoms with Crippen LogP contribution in [0.25, 0.3) is 0 Å². The summed E-state index contributed by atoms with van der Waals surface area (Å²) < 4.78 is 4.94. The number of ether oxygens (including phenoxy) is 1. The summed E-state index contributed by atoms with van der Waals surface area (Å²) in [4.78, 5) is 24.8. The lowest BCUT2D eigenvalue weighted by Crippen LogP contribution is -2.57. The highest BCUT2D eigenvalue weighted by Gasteiger charge is 2.43. The minimum Gasteiger partial charge on any atom is -0.467 e. The molecule has 0 bridgehead atoms. The Hall–Kier alpha value is -1.88. The predicted octanol–water partition coefficient (Wildman–Crippen LogP) is 2.06. The molecule has 0 saturated heterocycles. The molecule has 5 nitrogen and oxygen atoms in total. The third-order valence-electron chi connectivity index (χ3n) is 5.03. The number of esters is 1. The minimum atomic E-state index is -0.963. The van der Waals surface area contributed by atoms with Crippen molar-refractivity contribution >= 4 is 11.9 Å². The maximum atomic E-state index is 12.6. The van der Waals surface area contributed by atoms with E-state index in [1.807, 2.05) is 32.0 Å². The monoisotopic (exact) mass is 333 g/mol. The van der Waals surface area contributed by atoms with Crippen LogP contribution in [0.5, 0.6) is 0 Å². The average molecular weight is 333 g/mol. The molecular weight excluding hydrogens is 306 g/mol. The van der Waals surface area contributed by atoms with E-state index < -0.39 is 11.5 Å². The van der Waals surface area contributed by atoms with Gasteiger partial charge in [-0.05, 0) is 56.6 Å². The lowest BCUT2D eigenvalue weighted by Gasteiger charge is -2.38. The molecule has 5 heteroatoms. The second-order valence-corrected chi connectivity index (χ2v) is 6.85. The second-order valence-electron chi connectivity index (χ2n) is 6.85. The second kappa shape index (κ2) is 7.79. The zero-order valence-corrected chi connectivity index (χ0v) is 14.7. The molecular formula is C19H27NO4. The smallest absolute Gasteiger partial charge is 0.331 e. The first-order valence-corrected chi connectivity index (χ1v) is 8.46. The van der Waals surface area contributed by atoms with E-state index in [1.54, 1.807) is 0 Å². The van der Waals surface area contributed by atoms with Gasteiger partial charge in [0.2, 0.25) is 5.91 Å². The van der Waals surface area contributed by atoms with Gasteiger partial charge in [-0.3, -0.25) is 4.79 Å². The summed E-state index contributed by atoms with van der Waals surface area (Å²) in [5, 5.41) is 12.2. The maximum Gasteiger partial charge on any atom is 0.331 e. The Morgan fingerprint density at radius 2 is 1.96 bits per heavy atom. The van der Waals surface area contributed by atoms with Gasteiger partial charge in [0.1, 0.15) is 5.54 Å². The van der Waals surface area contributed by atoms with E-state index >= 15 is 0 Å². The van der Waals surface area contributed by atoms with Crippen molar-refractivity contribution in [3.63, 3.8) is 0 Å². The van der Waals surface area contributed by atoms with Gasteiger partial charge in [0.15, 0.2) is 0 Å². The molecule has 1 aliphatic carbocycles. The van der Waals surface area contributed by atoms with Gasteiger partial charge >= 0.3 is 5.97 Å². The minimum absolute atomic E-state index is 0.119. The van der Waals surface area contributed by atoms with Crippen molar-refractivity contribution in [3.8, 4) is 0 Å². The number of aryl methyl sites for hydroxylation is 2. The molecule has 0 radical (unpaired) electrons. The standard InChI is InChI=1S/C19H27NO4/c1-13-4-5-14(2)16(10-13)11-17(22)20-19(18(23)24-3)8-6-15(12-21)7-9-19/h4-5,10,15,21H,6-9,11-12H2,1-3H3,(H,20,22)/t15-,19+. The molecule has 1 aromatic carbocycles. The molecule has 1 saturated carbocycles. The fourth-order valence-corrected chi connectivity index (χ4v) is 3.40. The number of amides is 1. The molecule has 0 spiro atoms. The quantitative estimate of drug-likeness (QED) is 0.809. The molecule has 0 aliphatic heterocycles. The molecule has 0 unspecified atom stereocenters. The summed E-state index contributed by atoms with van der Waals surface area (Å²) in [7, 11) is 1.35. The maximum absolute atomic E-state index is 12.6. The number of hydrogen-bond donors (Lipinski definition) is 2. The zero-order chi connectivity index (χ0) is 17.7. The highest BCUT2D eigenvalue weighted by Crippen LogP contribution is 2.33. The van der Waals surface area contributed by atoms with Crippen LogP contribution in [0, 0.1) is 19.8 Å². The van der Waals surface area contributed by atoms with Crippen LogP contribution in [0.15, 0.2) is 18.2 Å². The van der Waals surface area contributed by atoms with Crippen molar-refractivity contribution in [2.45, 2.75) is 51.5 Å². The van der Waals surface area contributed by atoms with Crippen molar-refractivity contribution < 1.29 is 19.4 Å². The summed E-state index contributed by atoms with van der Waals surface area (Å²) in [6.45, 7) is 4.09. The fraction of sp³-hybridized carbons (Fsp3) is 0.579. The highest BCUT2D eigenvalue weighted by molar-refractivity contribution is 5.89. The molecule has 2 rings (SSSR count). The Morgan fingerprint density at radius 1 is 1.29 bits per heavy atom. The van der Waals surface area contributed by atoms with Crippen LogP contribution in [0.3, 0.4) is 0 Å². The van der Waals surface area contributed by atoms with Crippen molar-refractivity contribution in [1.82, 2.24) is 5.32 Å². The first-order valence-electron chi connectivity index (χ1n) is 8.46. The number of hydrogen-bond acceptors (Lipinski definition) is 4. The predicted molar refractivity (Wildman–Crippen MR) is 91.6 cm³/mol. The molecule has 1 aromatic rings. The van der Waals surface area contributed by atoms with Crippen LogP contribution in [0.2, 0.25) is 0 Å². The Bertz CT molecular complexity index is 603. The van der Waals surface area contributed by atoms with E-state index in [0.29, 0.717) is 25.7 Å². The molecule has 0 aromatic heterocycles. The number of methoxy groups -OCH3 is 1. The molecule has 1 fully saturated rings. The highest BCUT2D eigenvalue weighted by atomic mass is 16.5. The summed E-state index contributed by atoms with van der Waals surface area (Å²) in [5.74, 6) is -0.372. The molecule has 2 N–H and O–H groups in total. The van der Waals surface area contributed by atoms with Gasteiger partial charge in [-0.15, -0.1) is 0 Å².